The standard InChI is InChI=1S/C35H38N6O3/c1-22(2)30-13-10-26(18-23(30)3)39-35(42)25-6-5-7-29(19-25)44-31-15-17-37-34-32(31)33(38-27-14-16-36-20-27)40-41(34)21-24-8-11-28(43-4)12-9-24/h5-13,15,17-19,22,27,36H,14,16,20-21H2,1-4H3,(H,38,40)(H,39,42)/t27-/m0/s1. The highest BCUT2D eigenvalue weighted by molar-refractivity contribution is 6.04. The third-order valence-electron chi connectivity index (χ3n) is 7.96. The molecule has 6 rings (SSSR count). The Balaban J connectivity index is 1.28. The van der Waals surface area contributed by atoms with Gasteiger partial charge in [0.2, 0.25) is 0 Å². The van der Waals surface area contributed by atoms with Gasteiger partial charge in [0, 0.05) is 36.1 Å². The molecule has 2 aromatic heterocycles. The molecule has 1 amide bonds. The van der Waals surface area contributed by atoms with E-state index in [0.29, 0.717) is 35.2 Å². The molecule has 3 N–H and O–H groups in total. The molecule has 226 valence electrons. The molecule has 9 nitrogen and oxygen atoms in total. The lowest BCUT2D eigenvalue weighted by atomic mass is 9.97. The summed E-state index contributed by atoms with van der Waals surface area (Å²) in [6, 6.07) is 23.3. The van der Waals surface area contributed by atoms with Gasteiger partial charge in [0.1, 0.15) is 22.6 Å². The van der Waals surface area contributed by atoms with Crippen molar-refractivity contribution in [3.63, 3.8) is 0 Å². The van der Waals surface area contributed by atoms with Gasteiger partial charge >= 0.3 is 0 Å². The molecule has 0 aliphatic carbocycles. The number of anilines is 2. The first-order valence-electron chi connectivity index (χ1n) is 15.0. The number of pyridine rings is 1. The van der Waals surface area contributed by atoms with Crippen LogP contribution in [-0.2, 0) is 6.54 Å². The lowest BCUT2D eigenvalue weighted by molar-refractivity contribution is 0.102. The van der Waals surface area contributed by atoms with E-state index < -0.39 is 0 Å². The Kier molecular flexibility index (Phi) is 8.47. The van der Waals surface area contributed by atoms with E-state index in [2.05, 4.69) is 42.8 Å². The second kappa shape index (κ2) is 12.8. The normalized spacial score (nSPS) is 14.6. The molecule has 9 heteroatoms. The van der Waals surface area contributed by atoms with Crippen molar-refractivity contribution in [1.82, 2.24) is 20.1 Å². The number of nitrogens with one attached hydrogen (secondary N) is 3. The summed E-state index contributed by atoms with van der Waals surface area (Å²) in [7, 11) is 1.66. The Morgan fingerprint density at radius 2 is 1.91 bits per heavy atom. The van der Waals surface area contributed by atoms with Crippen LogP contribution >= 0.6 is 0 Å². The predicted molar refractivity (Wildman–Crippen MR) is 174 cm³/mol. The predicted octanol–water partition coefficient (Wildman–Crippen LogP) is 6.74. The molecule has 1 aliphatic rings. The molecule has 0 bridgehead atoms. The summed E-state index contributed by atoms with van der Waals surface area (Å²) in [5, 5.41) is 15.8. The van der Waals surface area contributed by atoms with Crippen molar-refractivity contribution < 1.29 is 14.3 Å². The van der Waals surface area contributed by atoms with Gasteiger partial charge in [0.15, 0.2) is 11.5 Å². The SMILES string of the molecule is COc1ccc(Cn2nc(N[C@H]3CCNC3)c3c(Oc4cccc(C(=O)Nc5ccc(C(C)C)c(C)c5)c4)ccnc32)cc1. The van der Waals surface area contributed by atoms with E-state index in [1.807, 2.05) is 59.3 Å². The summed E-state index contributed by atoms with van der Waals surface area (Å²) in [4.78, 5) is 17.9. The summed E-state index contributed by atoms with van der Waals surface area (Å²) < 4.78 is 13.7. The van der Waals surface area contributed by atoms with Crippen LogP contribution in [0.3, 0.4) is 0 Å². The first-order valence-corrected chi connectivity index (χ1v) is 15.0. The van der Waals surface area contributed by atoms with Gasteiger partial charge in [0.05, 0.1) is 13.7 Å². The highest BCUT2D eigenvalue weighted by atomic mass is 16.5. The van der Waals surface area contributed by atoms with E-state index in [-0.39, 0.29) is 11.9 Å². The Morgan fingerprint density at radius 1 is 1.07 bits per heavy atom. The van der Waals surface area contributed by atoms with Crippen LogP contribution < -0.4 is 25.4 Å². The molecule has 1 saturated heterocycles. The fraction of sp³-hybridized carbons (Fsp3) is 0.286. The van der Waals surface area contributed by atoms with E-state index in [1.165, 1.54) is 5.56 Å². The zero-order valence-electron chi connectivity index (χ0n) is 25.6. The van der Waals surface area contributed by atoms with Crippen molar-refractivity contribution in [3.05, 3.63) is 101 Å². The minimum Gasteiger partial charge on any atom is -0.497 e. The van der Waals surface area contributed by atoms with Gasteiger partial charge in [-0.2, -0.15) is 5.10 Å². The van der Waals surface area contributed by atoms with Crippen LogP contribution in [0.2, 0.25) is 0 Å². The van der Waals surface area contributed by atoms with Gasteiger partial charge in [-0.1, -0.05) is 38.1 Å². The molecule has 3 aromatic carbocycles. The molecular weight excluding hydrogens is 552 g/mol. The molecule has 1 atom stereocenters. The van der Waals surface area contributed by atoms with E-state index in [9.17, 15) is 4.79 Å². The summed E-state index contributed by atoms with van der Waals surface area (Å²) in [5.74, 6) is 2.91. The van der Waals surface area contributed by atoms with Crippen LogP contribution in [0, 0.1) is 6.92 Å². The zero-order valence-corrected chi connectivity index (χ0v) is 25.6. The summed E-state index contributed by atoms with van der Waals surface area (Å²) in [6.45, 7) is 8.76. The maximum atomic E-state index is 13.2. The molecule has 1 aliphatic heterocycles. The van der Waals surface area contributed by atoms with Gasteiger partial charge in [-0.25, -0.2) is 9.67 Å². The Morgan fingerprint density at radius 3 is 2.64 bits per heavy atom. The smallest absolute Gasteiger partial charge is 0.255 e. The maximum Gasteiger partial charge on any atom is 0.255 e. The number of ether oxygens (including phenoxy) is 2. The fourth-order valence-corrected chi connectivity index (χ4v) is 5.67. The largest absolute Gasteiger partial charge is 0.497 e. The van der Waals surface area contributed by atoms with Crippen molar-refractivity contribution in [2.75, 3.05) is 30.8 Å². The van der Waals surface area contributed by atoms with Gasteiger partial charge in [-0.05, 0) is 85.0 Å². The molecule has 1 fully saturated rings. The van der Waals surface area contributed by atoms with Crippen molar-refractivity contribution in [2.24, 2.45) is 0 Å². The number of aromatic nitrogens is 3. The molecule has 44 heavy (non-hydrogen) atoms. The van der Waals surface area contributed by atoms with Crippen LogP contribution in [-0.4, -0.2) is 46.9 Å². The number of hydrogen-bond donors (Lipinski definition) is 3. The number of carbonyl (C=O) groups excluding carboxylic acids is 1. The second-order valence-corrected chi connectivity index (χ2v) is 11.5. The Bertz CT molecular complexity index is 1770. The lowest BCUT2D eigenvalue weighted by Gasteiger charge is -2.13. The number of rotatable bonds is 10. The molecule has 5 aromatic rings. The highest BCUT2D eigenvalue weighted by Gasteiger charge is 2.22. The quantitative estimate of drug-likeness (QED) is 0.166. The molecule has 0 saturated carbocycles. The third-order valence-corrected chi connectivity index (χ3v) is 7.96. The van der Waals surface area contributed by atoms with Crippen LogP contribution in [0.4, 0.5) is 11.5 Å². The monoisotopic (exact) mass is 590 g/mol. The van der Waals surface area contributed by atoms with E-state index in [0.717, 1.165) is 53.3 Å². The molecule has 0 spiro atoms. The Hall–Kier alpha value is -4.89. The zero-order chi connectivity index (χ0) is 30.6. The van der Waals surface area contributed by atoms with Crippen LogP contribution in [0.1, 0.15) is 53.2 Å². The number of carbonyl (C=O) groups is 1. The minimum absolute atomic E-state index is 0.199. The van der Waals surface area contributed by atoms with Crippen molar-refractivity contribution in [1.29, 1.82) is 0 Å². The lowest BCUT2D eigenvalue weighted by Crippen LogP contribution is -2.22. The summed E-state index contributed by atoms with van der Waals surface area (Å²) in [5.41, 5.74) is 5.48. The van der Waals surface area contributed by atoms with Crippen molar-refractivity contribution >= 4 is 28.4 Å². The van der Waals surface area contributed by atoms with Gasteiger partial charge < -0.3 is 25.4 Å². The van der Waals surface area contributed by atoms with Crippen LogP contribution in [0.5, 0.6) is 17.2 Å². The third kappa shape index (κ3) is 6.38. The van der Waals surface area contributed by atoms with Crippen LogP contribution in [0.25, 0.3) is 11.0 Å². The van der Waals surface area contributed by atoms with Crippen molar-refractivity contribution in [3.8, 4) is 17.2 Å². The number of fused-ring (bicyclic) bond motifs is 1. The molecule has 3 heterocycles. The topological polar surface area (TPSA) is 102 Å². The first kappa shape index (κ1) is 29.2. The maximum absolute atomic E-state index is 13.2. The average Bonchev–Trinajstić information content (AvgIpc) is 3.66. The average molecular weight is 591 g/mol. The van der Waals surface area contributed by atoms with E-state index in [4.69, 9.17) is 19.6 Å². The van der Waals surface area contributed by atoms with Gasteiger partial charge in [0.25, 0.3) is 5.91 Å². The van der Waals surface area contributed by atoms with Crippen LogP contribution in [0.15, 0.2) is 79.0 Å². The van der Waals surface area contributed by atoms with E-state index >= 15 is 0 Å². The summed E-state index contributed by atoms with van der Waals surface area (Å²) >= 11 is 0. The second-order valence-electron chi connectivity index (χ2n) is 11.5. The number of amides is 1. The Labute approximate surface area is 257 Å². The molecule has 0 unspecified atom stereocenters. The van der Waals surface area contributed by atoms with Gasteiger partial charge in [-0.3, -0.25) is 4.79 Å². The number of aryl methyl sites for hydroxylation is 1. The van der Waals surface area contributed by atoms with E-state index in [1.54, 1.807) is 25.4 Å². The molecule has 0 radical (unpaired) electrons. The minimum atomic E-state index is -0.199. The summed E-state index contributed by atoms with van der Waals surface area (Å²) in [6.07, 6.45) is 2.73. The fourth-order valence-electron chi connectivity index (χ4n) is 5.67. The van der Waals surface area contributed by atoms with Crippen molar-refractivity contribution in [2.45, 2.75) is 45.7 Å². The molecular formula is C35H38N6O3. The number of hydrogen-bond acceptors (Lipinski definition) is 7. The number of methoxy groups -OCH3 is 1. The van der Waals surface area contributed by atoms with Gasteiger partial charge in [-0.15, -0.1) is 0 Å². The first-order chi connectivity index (χ1) is 21.4. The number of benzene rings is 3. The number of nitrogens with zero attached hydrogens (tertiary/aromatic N) is 3. The highest BCUT2D eigenvalue weighted by Crippen LogP contribution is 2.35.